The molecule has 1 aromatic rings. The molecule has 0 aromatic heterocycles. The van der Waals surface area contributed by atoms with Crippen molar-refractivity contribution in [1.29, 1.82) is 0 Å². The third-order valence-electron chi connectivity index (χ3n) is 5.33. The van der Waals surface area contributed by atoms with E-state index in [-0.39, 0.29) is 18.2 Å². The average molecular weight is 345 g/mol. The SMILES string of the molecule is COc1ccc2c(c1)[C@@H](C(=O)N1CC(N3CCOCC3)C1)CC(=O)N2. The van der Waals surface area contributed by atoms with Crippen LogP contribution in [0.15, 0.2) is 18.2 Å². The fourth-order valence-corrected chi connectivity index (χ4v) is 3.82. The minimum Gasteiger partial charge on any atom is -0.497 e. The van der Waals surface area contributed by atoms with Gasteiger partial charge in [0.2, 0.25) is 11.8 Å². The zero-order valence-corrected chi connectivity index (χ0v) is 14.4. The highest BCUT2D eigenvalue weighted by atomic mass is 16.5. The van der Waals surface area contributed by atoms with Crippen LogP contribution in [0.2, 0.25) is 0 Å². The maximum Gasteiger partial charge on any atom is 0.230 e. The molecule has 2 fully saturated rings. The molecule has 3 aliphatic rings. The van der Waals surface area contributed by atoms with Gasteiger partial charge in [-0.3, -0.25) is 14.5 Å². The van der Waals surface area contributed by atoms with Crippen LogP contribution in [-0.2, 0) is 14.3 Å². The van der Waals surface area contributed by atoms with Gasteiger partial charge < -0.3 is 19.7 Å². The molecule has 134 valence electrons. The van der Waals surface area contributed by atoms with Crippen LogP contribution in [0.1, 0.15) is 17.9 Å². The molecule has 0 aliphatic carbocycles. The molecule has 0 spiro atoms. The first-order valence-corrected chi connectivity index (χ1v) is 8.74. The van der Waals surface area contributed by atoms with Crippen LogP contribution in [-0.4, -0.2) is 74.2 Å². The van der Waals surface area contributed by atoms with Gasteiger partial charge in [-0.1, -0.05) is 0 Å². The molecule has 0 radical (unpaired) electrons. The van der Waals surface area contributed by atoms with Crippen molar-refractivity contribution in [3.63, 3.8) is 0 Å². The second kappa shape index (κ2) is 6.65. The van der Waals surface area contributed by atoms with Crippen molar-refractivity contribution in [2.45, 2.75) is 18.4 Å². The monoisotopic (exact) mass is 345 g/mol. The number of hydrogen-bond donors (Lipinski definition) is 1. The van der Waals surface area contributed by atoms with Crippen molar-refractivity contribution in [3.05, 3.63) is 23.8 Å². The number of carbonyl (C=O) groups is 2. The molecular weight excluding hydrogens is 322 g/mol. The Hall–Kier alpha value is -2.12. The van der Waals surface area contributed by atoms with Crippen molar-refractivity contribution >= 4 is 17.5 Å². The smallest absolute Gasteiger partial charge is 0.230 e. The summed E-state index contributed by atoms with van der Waals surface area (Å²) in [5.41, 5.74) is 1.56. The minimum atomic E-state index is -0.426. The fraction of sp³-hybridized carbons (Fsp3) is 0.556. The van der Waals surface area contributed by atoms with Crippen LogP contribution < -0.4 is 10.1 Å². The molecule has 4 rings (SSSR count). The van der Waals surface area contributed by atoms with Crippen molar-refractivity contribution in [2.75, 3.05) is 51.8 Å². The molecule has 2 saturated heterocycles. The predicted molar refractivity (Wildman–Crippen MR) is 91.7 cm³/mol. The number of benzene rings is 1. The van der Waals surface area contributed by atoms with Crippen LogP contribution in [0, 0.1) is 0 Å². The van der Waals surface area contributed by atoms with Gasteiger partial charge in [0.05, 0.1) is 26.2 Å². The average Bonchev–Trinajstić information content (AvgIpc) is 2.60. The second-order valence-corrected chi connectivity index (χ2v) is 6.80. The second-order valence-electron chi connectivity index (χ2n) is 6.80. The number of morpholine rings is 1. The van der Waals surface area contributed by atoms with Crippen LogP contribution >= 0.6 is 0 Å². The Balaban J connectivity index is 1.47. The van der Waals surface area contributed by atoms with E-state index >= 15 is 0 Å². The van der Waals surface area contributed by atoms with E-state index in [4.69, 9.17) is 9.47 Å². The first-order valence-electron chi connectivity index (χ1n) is 8.74. The highest BCUT2D eigenvalue weighted by Crippen LogP contribution is 2.37. The van der Waals surface area contributed by atoms with Gasteiger partial charge >= 0.3 is 0 Å². The van der Waals surface area contributed by atoms with Crippen molar-refractivity contribution in [1.82, 2.24) is 9.80 Å². The molecule has 25 heavy (non-hydrogen) atoms. The first-order chi connectivity index (χ1) is 12.2. The fourth-order valence-electron chi connectivity index (χ4n) is 3.82. The molecule has 7 nitrogen and oxygen atoms in total. The molecule has 2 amide bonds. The third-order valence-corrected chi connectivity index (χ3v) is 5.33. The van der Waals surface area contributed by atoms with E-state index in [1.807, 2.05) is 11.0 Å². The number of anilines is 1. The summed E-state index contributed by atoms with van der Waals surface area (Å²) in [6.45, 7) is 4.85. The summed E-state index contributed by atoms with van der Waals surface area (Å²) in [6, 6.07) is 5.87. The van der Waals surface area contributed by atoms with E-state index in [0.717, 1.165) is 45.0 Å². The summed E-state index contributed by atoms with van der Waals surface area (Å²) in [4.78, 5) is 29.2. The molecular formula is C18H23N3O4. The molecule has 3 aliphatic heterocycles. The Morgan fingerprint density at radius 1 is 1.28 bits per heavy atom. The number of amides is 2. The Bertz CT molecular complexity index is 681. The number of methoxy groups -OCH3 is 1. The number of ether oxygens (including phenoxy) is 2. The third kappa shape index (κ3) is 3.09. The largest absolute Gasteiger partial charge is 0.497 e. The van der Waals surface area contributed by atoms with Gasteiger partial charge in [-0.2, -0.15) is 0 Å². The minimum absolute atomic E-state index is 0.0360. The maximum atomic E-state index is 13.0. The van der Waals surface area contributed by atoms with Gasteiger partial charge in [-0.15, -0.1) is 0 Å². The van der Waals surface area contributed by atoms with Gasteiger partial charge in [-0.25, -0.2) is 0 Å². The molecule has 1 N–H and O–H groups in total. The predicted octanol–water partition coefficient (Wildman–Crippen LogP) is 0.664. The summed E-state index contributed by atoms with van der Waals surface area (Å²) >= 11 is 0. The number of nitrogens with one attached hydrogen (secondary N) is 1. The Morgan fingerprint density at radius 3 is 2.76 bits per heavy atom. The lowest BCUT2D eigenvalue weighted by Gasteiger charge is -2.47. The lowest BCUT2D eigenvalue weighted by atomic mass is 9.88. The van der Waals surface area contributed by atoms with E-state index in [1.54, 1.807) is 19.2 Å². The van der Waals surface area contributed by atoms with Gasteiger partial charge in [0.15, 0.2) is 0 Å². The van der Waals surface area contributed by atoms with Crippen LogP contribution in [0.25, 0.3) is 0 Å². The number of carbonyl (C=O) groups excluding carboxylic acids is 2. The van der Waals surface area contributed by atoms with Gasteiger partial charge in [0.25, 0.3) is 0 Å². The van der Waals surface area contributed by atoms with E-state index in [9.17, 15) is 9.59 Å². The zero-order valence-electron chi connectivity index (χ0n) is 14.4. The van der Waals surface area contributed by atoms with E-state index in [0.29, 0.717) is 17.5 Å². The Labute approximate surface area is 146 Å². The lowest BCUT2D eigenvalue weighted by molar-refractivity contribution is -0.143. The van der Waals surface area contributed by atoms with E-state index in [2.05, 4.69) is 10.2 Å². The molecule has 3 heterocycles. The first kappa shape index (κ1) is 16.4. The molecule has 0 unspecified atom stereocenters. The van der Waals surface area contributed by atoms with Gasteiger partial charge in [0, 0.05) is 44.3 Å². The number of nitrogens with zero attached hydrogens (tertiary/aromatic N) is 2. The quantitative estimate of drug-likeness (QED) is 0.872. The highest BCUT2D eigenvalue weighted by molar-refractivity contribution is 6.01. The Morgan fingerprint density at radius 2 is 2.04 bits per heavy atom. The Kier molecular flexibility index (Phi) is 4.35. The van der Waals surface area contributed by atoms with Crippen molar-refractivity contribution in [3.8, 4) is 5.75 Å². The summed E-state index contributed by atoms with van der Waals surface area (Å²) in [6.07, 6.45) is 0.192. The molecule has 1 aromatic carbocycles. The summed E-state index contributed by atoms with van der Waals surface area (Å²) in [7, 11) is 1.60. The number of hydrogen-bond acceptors (Lipinski definition) is 5. The summed E-state index contributed by atoms with van der Waals surface area (Å²) in [5, 5.41) is 2.84. The molecule has 7 heteroatoms. The number of likely N-dealkylation sites (tertiary alicyclic amines) is 1. The molecule has 0 saturated carbocycles. The zero-order chi connectivity index (χ0) is 17.4. The summed E-state index contributed by atoms with van der Waals surface area (Å²) in [5.74, 6) is 0.196. The van der Waals surface area contributed by atoms with Gasteiger partial charge in [-0.05, 0) is 23.8 Å². The highest BCUT2D eigenvalue weighted by Gasteiger charge is 2.40. The molecule has 1 atom stereocenters. The van der Waals surface area contributed by atoms with Crippen molar-refractivity contribution in [2.24, 2.45) is 0 Å². The summed E-state index contributed by atoms with van der Waals surface area (Å²) < 4.78 is 10.7. The molecule has 0 bridgehead atoms. The van der Waals surface area contributed by atoms with Crippen LogP contribution in [0.3, 0.4) is 0 Å². The number of rotatable bonds is 3. The van der Waals surface area contributed by atoms with E-state index in [1.165, 1.54) is 0 Å². The number of fused-ring (bicyclic) bond motifs is 1. The van der Waals surface area contributed by atoms with Crippen LogP contribution in [0.5, 0.6) is 5.75 Å². The maximum absolute atomic E-state index is 13.0. The normalized spacial score (nSPS) is 24.3. The topological polar surface area (TPSA) is 71.1 Å². The van der Waals surface area contributed by atoms with Crippen molar-refractivity contribution < 1.29 is 19.1 Å². The van der Waals surface area contributed by atoms with E-state index < -0.39 is 5.92 Å². The van der Waals surface area contributed by atoms with Crippen LogP contribution in [0.4, 0.5) is 5.69 Å². The van der Waals surface area contributed by atoms with Gasteiger partial charge in [0.1, 0.15) is 5.75 Å². The standard InChI is InChI=1S/C18H23N3O4/c1-24-13-2-3-16-14(8-13)15(9-17(22)19-16)18(23)21-10-12(11-21)20-4-6-25-7-5-20/h2-3,8,12,15H,4-7,9-11H2,1H3,(H,19,22)/t15-/m0/s1. The lowest BCUT2D eigenvalue weighted by Crippen LogP contribution is -2.63.